The molecule has 1 N–H and O–H groups in total. The van der Waals surface area contributed by atoms with E-state index in [2.05, 4.69) is 36.8 Å². The zero-order chi connectivity index (χ0) is 13.2. The van der Waals surface area contributed by atoms with Crippen molar-refractivity contribution in [3.8, 4) is 0 Å². The first kappa shape index (κ1) is 13.6. The summed E-state index contributed by atoms with van der Waals surface area (Å²) in [6, 6.07) is 2.29. The van der Waals surface area contributed by atoms with Crippen molar-refractivity contribution in [1.29, 1.82) is 0 Å². The van der Waals surface area contributed by atoms with Crippen LogP contribution in [-0.4, -0.2) is 24.8 Å². The number of aryl methyl sites for hydroxylation is 1. The van der Waals surface area contributed by atoms with E-state index in [-0.39, 0.29) is 0 Å². The van der Waals surface area contributed by atoms with Gasteiger partial charge in [0.1, 0.15) is 0 Å². The van der Waals surface area contributed by atoms with Gasteiger partial charge in [0.2, 0.25) is 0 Å². The average Bonchev–Trinajstić information content (AvgIpc) is 3.08. The molecule has 1 saturated carbocycles. The number of nitrogens with zero attached hydrogens (tertiary/aromatic N) is 1. The molecule has 102 valence electrons. The Morgan fingerprint density at radius 2 is 2.11 bits per heavy atom. The van der Waals surface area contributed by atoms with Crippen LogP contribution >= 0.6 is 0 Å². The molecule has 1 aliphatic rings. The minimum absolute atomic E-state index is 0.535. The normalized spacial score (nSPS) is 17.1. The van der Waals surface area contributed by atoms with Gasteiger partial charge in [0.15, 0.2) is 0 Å². The number of hydrogen-bond acceptors (Lipinski definition) is 2. The number of rotatable bonds is 7. The number of hydrogen-bond donors (Lipinski definition) is 1. The Balaban J connectivity index is 1.80. The third-order valence-electron chi connectivity index (χ3n) is 4.49. The molecule has 0 unspecified atom stereocenters. The first-order valence-corrected chi connectivity index (χ1v) is 6.89. The molecule has 18 heavy (non-hydrogen) atoms. The van der Waals surface area contributed by atoms with Gasteiger partial charge in [-0.15, -0.1) is 0 Å². The standard InChI is InChI=1S/C15H26N2O/c1-12-9-14(13(2)17(12)3)10-16-11-15(5-6-15)7-8-18-4/h9,16H,5-8,10-11H2,1-4H3. The van der Waals surface area contributed by atoms with Crippen LogP contribution in [0.5, 0.6) is 0 Å². The van der Waals surface area contributed by atoms with Gasteiger partial charge in [0.25, 0.3) is 0 Å². The molecule has 1 aromatic heterocycles. The fourth-order valence-electron chi connectivity index (χ4n) is 2.59. The summed E-state index contributed by atoms with van der Waals surface area (Å²) in [6.07, 6.45) is 3.91. The van der Waals surface area contributed by atoms with E-state index in [0.717, 1.165) is 19.7 Å². The Hall–Kier alpha value is -0.800. The van der Waals surface area contributed by atoms with Crippen molar-refractivity contribution in [2.45, 2.75) is 39.7 Å². The highest BCUT2D eigenvalue weighted by Crippen LogP contribution is 2.48. The van der Waals surface area contributed by atoms with Crippen LogP contribution in [0, 0.1) is 19.3 Å². The summed E-state index contributed by atoms with van der Waals surface area (Å²) >= 11 is 0. The van der Waals surface area contributed by atoms with E-state index in [1.165, 1.54) is 36.2 Å². The second-order valence-electron chi connectivity index (χ2n) is 5.80. The Bertz CT molecular complexity index is 405. The summed E-state index contributed by atoms with van der Waals surface area (Å²) in [5.74, 6) is 0. The molecule has 2 rings (SSSR count). The van der Waals surface area contributed by atoms with Crippen LogP contribution in [0.4, 0.5) is 0 Å². The lowest BCUT2D eigenvalue weighted by Crippen LogP contribution is -2.24. The van der Waals surface area contributed by atoms with Gasteiger partial charge < -0.3 is 14.6 Å². The molecule has 1 fully saturated rings. The highest BCUT2D eigenvalue weighted by atomic mass is 16.5. The molecule has 0 atom stereocenters. The van der Waals surface area contributed by atoms with Crippen LogP contribution in [0.15, 0.2) is 6.07 Å². The molecule has 0 spiro atoms. The lowest BCUT2D eigenvalue weighted by atomic mass is 10.0. The minimum atomic E-state index is 0.535. The van der Waals surface area contributed by atoms with Crippen molar-refractivity contribution < 1.29 is 4.74 Å². The van der Waals surface area contributed by atoms with Crippen molar-refractivity contribution in [3.63, 3.8) is 0 Å². The molecular formula is C15H26N2O. The van der Waals surface area contributed by atoms with Crippen molar-refractivity contribution in [3.05, 3.63) is 23.0 Å². The second kappa shape index (κ2) is 5.45. The summed E-state index contributed by atoms with van der Waals surface area (Å²) in [5.41, 5.74) is 4.68. The second-order valence-corrected chi connectivity index (χ2v) is 5.80. The number of aromatic nitrogens is 1. The fraction of sp³-hybridized carbons (Fsp3) is 0.733. The molecule has 0 aromatic carbocycles. The summed E-state index contributed by atoms with van der Waals surface area (Å²) in [7, 11) is 3.93. The van der Waals surface area contributed by atoms with Crippen LogP contribution in [-0.2, 0) is 18.3 Å². The number of methoxy groups -OCH3 is 1. The van der Waals surface area contributed by atoms with Gasteiger partial charge in [0.05, 0.1) is 0 Å². The van der Waals surface area contributed by atoms with Gasteiger partial charge in [0, 0.05) is 45.2 Å². The quantitative estimate of drug-likeness (QED) is 0.805. The van der Waals surface area contributed by atoms with Crippen molar-refractivity contribution in [1.82, 2.24) is 9.88 Å². The van der Waals surface area contributed by atoms with Gasteiger partial charge in [-0.3, -0.25) is 0 Å². The zero-order valence-electron chi connectivity index (χ0n) is 12.2. The monoisotopic (exact) mass is 250 g/mol. The molecule has 1 aliphatic carbocycles. The Morgan fingerprint density at radius 3 is 2.61 bits per heavy atom. The summed E-state index contributed by atoms with van der Waals surface area (Å²) in [6.45, 7) is 7.37. The number of nitrogens with one attached hydrogen (secondary N) is 1. The Kier molecular flexibility index (Phi) is 4.13. The molecule has 3 nitrogen and oxygen atoms in total. The van der Waals surface area contributed by atoms with Crippen molar-refractivity contribution in [2.75, 3.05) is 20.3 Å². The lowest BCUT2D eigenvalue weighted by molar-refractivity contribution is 0.171. The molecule has 1 heterocycles. The molecule has 3 heteroatoms. The first-order valence-electron chi connectivity index (χ1n) is 6.89. The maximum absolute atomic E-state index is 5.19. The number of ether oxygens (including phenoxy) is 1. The third-order valence-corrected chi connectivity index (χ3v) is 4.49. The average molecular weight is 250 g/mol. The largest absolute Gasteiger partial charge is 0.385 e. The van der Waals surface area contributed by atoms with E-state index in [9.17, 15) is 0 Å². The van der Waals surface area contributed by atoms with Crippen molar-refractivity contribution >= 4 is 0 Å². The highest BCUT2D eigenvalue weighted by Gasteiger charge is 2.41. The third kappa shape index (κ3) is 2.96. The van der Waals surface area contributed by atoms with Crippen LogP contribution in [0.3, 0.4) is 0 Å². The molecule has 0 aliphatic heterocycles. The van der Waals surface area contributed by atoms with E-state index in [0.29, 0.717) is 5.41 Å². The van der Waals surface area contributed by atoms with Gasteiger partial charge in [-0.05, 0) is 50.2 Å². The van der Waals surface area contributed by atoms with E-state index in [1.54, 1.807) is 7.11 Å². The van der Waals surface area contributed by atoms with Crippen LogP contribution in [0.25, 0.3) is 0 Å². The van der Waals surface area contributed by atoms with E-state index in [4.69, 9.17) is 4.74 Å². The molecule has 0 saturated heterocycles. The zero-order valence-corrected chi connectivity index (χ0v) is 12.2. The van der Waals surface area contributed by atoms with Gasteiger partial charge in [-0.2, -0.15) is 0 Å². The van der Waals surface area contributed by atoms with Crippen LogP contribution in [0.1, 0.15) is 36.2 Å². The SMILES string of the molecule is COCCC1(CNCc2cc(C)n(C)c2C)CC1. The molecule has 0 radical (unpaired) electrons. The van der Waals surface area contributed by atoms with E-state index >= 15 is 0 Å². The highest BCUT2D eigenvalue weighted by molar-refractivity contribution is 5.26. The molecule has 1 aromatic rings. The lowest BCUT2D eigenvalue weighted by Gasteiger charge is -2.15. The maximum atomic E-state index is 5.19. The van der Waals surface area contributed by atoms with Gasteiger partial charge >= 0.3 is 0 Å². The molecular weight excluding hydrogens is 224 g/mol. The van der Waals surface area contributed by atoms with Crippen LogP contribution in [0.2, 0.25) is 0 Å². The summed E-state index contributed by atoms with van der Waals surface area (Å²) < 4.78 is 7.45. The van der Waals surface area contributed by atoms with E-state index < -0.39 is 0 Å². The predicted molar refractivity (Wildman–Crippen MR) is 74.8 cm³/mol. The minimum Gasteiger partial charge on any atom is -0.385 e. The topological polar surface area (TPSA) is 26.2 Å². The fourth-order valence-corrected chi connectivity index (χ4v) is 2.59. The molecule has 0 amide bonds. The smallest absolute Gasteiger partial charge is 0.0468 e. The van der Waals surface area contributed by atoms with E-state index in [1.807, 2.05) is 0 Å². The van der Waals surface area contributed by atoms with Gasteiger partial charge in [-0.1, -0.05) is 0 Å². The predicted octanol–water partition coefficient (Wildman–Crippen LogP) is 2.55. The Labute approximate surface area is 111 Å². The summed E-state index contributed by atoms with van der Waals surface area (Å²) in [4.78, 5) is 0. The summed E-state index contributed by atoms with van der Waals surface area (Å²) in [5, 5.41) is 3.63. The van der Waals surface area contributed by atoms with Crippen LogP contribution < -0.4 is 5.32 Å². The van der Waals surface area contributed by atoms with Crippen molar-refractivity contribution in [2.24, 2.45) is 12.5 Å². The molecule has 0 bridgehead atoms. The maximum Gasteiger partial charge on any atom is 0.0468 e. The Morgan fingerprint density at radius 1 is 1.39 bits per heavy atom. The van der Waals surface area contributed by atoms with Gasteiger partial charge in [-0.25, -0.2) is 0 Å². The first-order chi connectivity index (χ1) is 8.58.